The number of hydrogen-bond donors (Lipinski definition) is 1. The Hall–Kier alpha value is -3.15. The largest absolute Gasteiger partial charge is 0.376 e. The Morgan fingerprint density at radius 1 is 0.941 bits per heavy atom. The smallest absolute Gasteiger partial charge is 0.247 e. The number of halogens is 1. The summed E-state index contributed by atoms with van der Waals surface area (Å²) in [4.78, 5) is 28.9. The first-order chi connectivity index (χ1) is 16.6. The van der Waals surface area contributed by atoms with Gasteiger partial charge in [0, 0.05) is 24.7 Å². The van der Waals surface area contributed by atoms with Gasteiger partial charge in [-0.25, -0.2) is 0 Å². The molecule has 0 spiro atoms. The molecule has 6 heteroatoms. The molecule has 2 amide bonds. The fraction of sp³-hybridized carbons (Fsp3) is 0.286. The zero-order chi connectivity index (χ0) is 23.8. The van der Waals surface area contributed by atoms with Gasteiger partial charge < -0.3 is 15.0 Å². The van der Waals surface area contributed by atoms with Gasteiger partial charge in [0.05, 0.1) is 12.5 Å². The highest BCUT2D eigenvalue weighted by Gasteiger charge is 2.32. The fourth-order valence-corrected chi connectivity index (χ4v) is 4.33. The molecule has 2 atom stereocenters. The number of carbonyl (C=O) groups excluding carboxylic acids is 2. The second-order valence-electron chi connectivity index (χ2n) is 8.50. The van der Waals surface area contributed by atoms with Crippen LogP contribution in [0.5, 0.6) is 0 Å². The van der Waals surface area contributed by atoms with E-state index < -0.39 is 6.04 Å². The Labute approximate surface area is 205 Å². The Morgan fingerprint density at radius 2 is 1.62 bits per heavy atom. The molecular weight excluding hydrogens is 448 g/mol. The lowest BCUT2D eigenvalue weighted by molar-refractivity contribution is -0.141. The number of nitrogens with zero attached hydrogens (tertiary/aromatic N) is 1. The third kappa shape index (κ3) is 6.46. The number of amides is 2. The van der Waals surface area contributed by atoms with E-state index >= 15 is 0 Å². The zero-order valence-corrected chi connectivity index (χ0v) is 19.8. The number of ether oxygens (including phenoxy) is 1. The molecule has 176 valence electrons. The van der Waals surface area contributed by atoms with Crippen molar-refractivity contribution in [3.05, 3.63) is 107 Å². The molecule has 1 aliphatic rings. The minimum Gasteiger partial charge on any atom is -0.376 e. The van der Waals surface area contributed by atoms with Crippen LogP contribution in [0.3, 0.4) is 0 Å². The fourth-order valence-electron chi connectivity index (χ4n) is 4.21. The maximum Gasteiger partial charge on any atom is 0.247 e. The lowest BCUT2D eigenvalue weighted by atomic mass is 10.0. The Kier molecular flexibility index (Phi) is 8.34. The van der Waals surface area contributed by atoms with E-state index in [1.54, 1.807) is 17.0 Å². The van der Waals surface area contributed by atoms with Gasteiger partial charge in [0.2, 0.25) is 11.8 Å². The van der Waals surface area contributed by atoms with E-state index in [1.165, 1.54) is 0 Å². The summed E-state index contributed by atoms with van der Waals surface area (Å²) in [6.45, 7) is 1.48. The molecule has 0 saturated carbocycles. The van der Waals surface area contributed by atoms with Gasteiger partial charge in [-0.05, 0) is 41.7 Å². The van der Waals surface area contributed by atoms with Crippen LogP contribution in [0.15, 0.2) is 84.9 Å². The average Bonchev–Trinajstić information content (AvgIpc) is 3.39. The van der Waals surface area contributed by atoms with Crippen molar-refractivity contribution < 1.29 is 14.3 Å². The Bertz CT molecular complexity index is 1070. The summed E-state index contributed by atoms with van der Waals surface area (Å²) in [5.41, 5.74) is 2.58. The van der Waals surface area contributed by atoms with Crippen LogP contribution in [-0.4, -0.2) is 36.0 Å². The molecule has 3 aromatic carbocycles. The summed E-state index contributed by atoms with van der Waals surface area (Å²) in [5, 5.41) is 3.66. The van der Waals surface area contributed by atoms with E-state index in [-0.39, 0.29) is 24.3 Å². The van der Waals surface area contributed by atoms with Crippen molar-refractivity contribution in [1.82, 2.24) is 10.2 Å². The molecule has 1 saturated heterocycles. The van der Waals surface area contributed by atoms with Gasteiger partial charge in [-0.1, -0.05) is 84.4 Å². The number of nitrogens with one attached hydrogen (secondary N) is 1. The van der Waals surface area contributed by atoms with Crippen molar-refractivity contribution in [1.29, 1.82) is 0 Å². The van der Waals surface area contributed by atoms with Crippen LogP contribution in [0.4, 0.5) is 0 Å². The number of carbonyl (C=O) groups is 2. The standard InChI is InChI=1S/C28H29ClN2O3/c29-24-15-13-21(14-16-24)18-26(32)31(20-22-8-3-1-4-9-22)27(23-10-5-2-6-11-23)28(33)30-19-25-12-7-17-34-25/h1-6,8-11,13-16,25,27H,7,12,17-20H2,(H,30,33)/t25-,27-/m1/s1. The molecular formula is C28H29ClN2O3. The normalized spacial score (nSPS) is 16.1. The van der Waals surface area contributed by atoms with Gasteiger partial charge in [0.15, 0.2) is 0 Å². The third-order valence-corrected chi connectivity index (χ3v) is 6.24. The number of benzene rings is 3. The van der Waals surface area contributed by atoms with Crippen molar-refractivity contribution in [2.45, 2.75) is 38.0 Å². The highest BCUT2D eigenvalue weighted by molar-refractivity contribution is 6.30. The summed E-state index contributed by atoms with van der Waals surface area (Å²) in [6.07, 6.45) is 2.13. The molecule has 0 aromatic heterocycles. The van der Waals surface area contributed by atoms with Gasteiger partial charge >= 0.3 is 0 Å². The van der Waals surface area contributed by atoms with Crippen LogP contribution in [0.2, 0.25) is 5.02 Å². The topological polar surface area (TPSA) is 58.6 Å². The molecule has 1 N–H and O–H groups in total. The van der Waals surface area contributed by atoms with E-state index in [2.05, 4.69) is 5.32 Å². The van der Waals surface area contributed by atoms with Crippen LogP contribution < -0.4 is 5.32 Å². The molecule has 0 radical (unpaired) electrons. The summed E-state index contributed by atoms with van der Waals surface area (Å²) in [5.74, 6) is -0.339. The first-order valence-electron chi connectivity index (χ1n) is 11.6. The van der Waals surface area contributed by atoms with Crippen molar-refractivity contribution in [3.8, 4) is 0 Å². The molecule has 0 bridgehead atoms. The second-order valence-corrected chi connectivity index (χ2v) is 8.94. The summed E-state index contributed by atoms with van der Waals surface area (Å²) >= 11 is 6.02. The minimum absolute atomic E-state index is 0.0210. The van der Waals surface area contributed by atoms with Crippen LogP contribution >= 0.6 is 11.6 Å². The van der Waals surface area contributed by atoms with Crippen molar-refractivity contribution >= 4 is 23.4 Å². The molecule has 3 aromatic rings. The van der Waals surface area contributed by atoms with Crippen molar-refractivity contribution in [3.63, 3.8) is 0 Å². The van der Waals surface area contributed by atoms with Crippen molar-refractivity contribution in [2.24, 2.45) is 0 Å². The Morgan fingerprint density at radius 3 is 2.26 bits per heavy atom. The highest BCUT2D eigenvalue weighted by Crippen LogP contribution is 2.25. The number of rotatable bonds is 9. The SMILES string of the molecule is O=C(NC[C@H]1CCCO1)[C@@H](c1ccccc1)N(Cc1ccccc1)C(=O)Cc1ccc(Cl)cc1. The van der Waals surface area contributed by atoms with Crippen LogP contribution in [0.1, 0.15) is 35.6 Å². The molecule has 0 unspecified atom stereocenters. The maximum absolute atomic E-state index is 13.7. The van der Waals surface area contributed by atoms with Crippen LogP contribution in [-0.2, 0) is 27.3 Å². The third-order valence-electron chi connectivity index (χ3n) is 5.99. The highest BCUT2D eigenvalue weighted by atomic mass is 35.5. The first kappa shape index (κ1) is 24.0. The zero-order valence-electron chi connectivity index (χ0n) is 19.0. The minimum atomic E-state index is -0.761. The van der Waals surface area contributed by atoms with E-state index in [1.807, 2.05) is 72.8 Å². The van der Waals surface area contributed by atoms with E-state index in [4.69, 9.17) is 16.3 Å². The molecule has 34 heavy (non-hydrogen) atoms. The maximum atomic E-state index is 13.7. The first-order valence-corrected chi connectivity index (χ1v) is 12.0. The van der Waals surface area contributed by atoms with E-state index in [9.17, 15) is 9.59 Å². The predicted octanol–water partition coefficient (Wildman–Crippen LogP) is 4.95. The average molecular weight is 477 g/mol. The van der Waals surface area contributed by atoms with Crippen LogP contribution in [0.25, 0.3) is 0 Å². The van der Waals surface area contributed by atoms with Crippen LogP contribution in [0, 0.1) is 0 Å². The predicted molar refractivity (Wildman–Crippen MR) is 133 cm³/mol. The monoisotopic (exact) mass is 476 g/mol. The quantitative estimate of drug-likeness (QED) is 0.475. The van der Waals surface area contributed by atoms with Crippen molar-refractivity contribution in [2.75, 3.05) is 13.2 Å². The van der Waals surface area contributed by atoms with Gasteiger partial charge in [0.25, 0.3) is 0 Å². The summed E-state index contributed by atoms with van der Waals surface area (Å²) in [6, 6.07) is 25.7. The van der Waals surface area contributed by atoms with Gasteiger partial charge in [-0.3, -0.25) is 9.59 Å². The molecule has 0 aliphatic carbocycles. The summed E-state index contributed by atoms with van der Waals surface area (Å²) < 4.78 is 5.67. The molecule has 5 nitrogen and oxygen atoms in total. The lowest BCUT2D eigenvalue weighted by Gasteiger charge is -2.32. The molecule has 1 aliphatic heterocycles. The molecule has 1 heterocycles. The van der Waals surface area contributed by atoms with Gasteiger partial charge in [-0.15, -0.1) is 0 Å². The molecule has 4 rings (SSSR count). The molecule has 1 fully saturated rings. The van der Waals surface area contributed by atoms with E-state index in [0.29, 0.717) is 18.1 Å². The van der Waals surface area contributed by atoms with E-state index in [0.717, 1.165) is 36.1 Å². The Balaban J connectivity index is 1.63. The lowest BCUT2D eigenvalue weighted by Crippen LogP contribution is -2.45. The second kappa shape index (κ2) is 11.8. The summed E-state index contributed by atoms with van der Waals surface area (Å²) in [7, 11) is 0. The van der Waals surface area contributed by atoms with Gasteiger partial charge in [-0.2, -0.15) is 0 Å². The number of hydrogen-bond acceptors (Lipinski definition) is 3. The van der Waals surface area contributed by atoms with Gasteiger partial charge in [0.1, 0.15) is 6.04 Å².